The molecule has 0 saturated heterocycles. The molecule has 2 aromatic rings. The Labute approximate surface area is 226 Å². The summed E-state index contributed by atoms with van der Waals surface area (Å²) in [5.74, 6) is -2.03. The number of benzene rings is 2. The Hall–Kier alpha value is -2.08. The Morgan fingerprint density at radius 3 is 1.74 bits per heavy atom. The van der Waals surface area contributed by atoms with Crippen LogP contribution in [0.2, 0.25) is 0 Å². The zero-order valence-electron chi connectivity index (χ0n) is 20.7. The van der Waals surface area contributed by atoms with E-state index in [4.69, 9.17) is 4.74 Å². The molecule has 0 atom stereocenters. The predicted octanol–water partition coefficient (Wildman–Crippen LogP) is 2.85. The van der Waals surface area contributed by atoms with Crippen molar-refractivity contribution >= 4 is 29.7 Å². The molecule has 0 unspecified atom stereocenters. The van der Waals surface area contributed by atoms with Gasteiger partial charge in [0.1, 0.15) is 11.7 Å². The van der Waals surface area contributed by atoms with E-state index in [1.54, 1.807) is 24.3 Å². The van der Waals surface area contributed by atoms with Crippen LogP contribution in [0.5, 0.6) is 5.75 Å². The fraction of sp³-hybridized carbons (Fsp3) is 0.429. The van der Waals surface area contributed by atoms with Crippen LogP contribution in [-0.2, 0) is 9.59 Å². The molecule has 0 aliphatic heterocycles. The van der Waals surface area contributed by atoms with Gasteiger partial charge in [-0.3, -0.25) is 4.79 Å². The standard InChI is InChI=1S/C28H37NO4.Na/c1-2-3-4-5-6-7-8-9-10-11-22-33-26-20-16-24(17-21-26)13-12-23-14-18-25(19-15-23)29-27(30)28(31)32;/h12-21H,2-11,22H2,1H3,(H,29,30)(H,31,32);/q;+1/p-1/b13-12+;. The van der Waals surface area contributed by atoms with E-state index in [1.165, 1.54) is 57.8 Å². The van der Waals surface area contributed by atoms with Crippen LogP contribution in [0.1, 0.15) is 82.3 Å². The number of carbonyl (C=O) groups excluding carboxylic acids is 2. The van der Waals surface area contributed by atoms with Crippen molar-refractivity contribution in [1.82, 2.24) is 0 Å². The summed E-state index contributed by atoms with van der Waals surface area (Å²) < 4.78 is 5.85. The zero-order chi connectivity index (χ0) is 23.7. The van der Waals surface area contributed by atoms with Crippen molar-refractivity contribution in [3.8, 4) is 5.75 Å². The smallest absolute Gasteiger partial charge is 0.540 e. The molecule has 0 saturated carbocycles. The molecule has 0 radical (unpaired) electrons. The van der Waals surface area contributed by atoms with E-state index in [-0.39, 0.29) is 29.6 Å². The van der Waals surface area contributed by atoms with Crippen LogP contribution >= 0.6 is 0 Å². The second-order valence-corrected chi connectivity index (χ2v) is 8.30. The average Bonchev–Trinajstić information content (AvgIpc) is 2.82. The van der Waals surface area contributed by atoms with E-state index in [2.05, 4.69) is 12.2 Å². The number of carboxylic acid groups (broad SMARTS) is 1. The molecule has 0 aliphatic carbocycles. The predicted molar refractivity (Wildman–Crippen MR) is 133 cm³/mol. The topological polar surface area (TPSA) is 78.5 Å². The number of carboxylic acids is 1. The van der Waals surface area contributed by atoms with Gasteiger partial charge in [-0.05, 0) is 41.8 Å². The van der Waals surface area contributed by atoms with Crippen LogP contribution in [0.25, 0.3) is 12.2 Å². The minimum atomic E-state index is -1.75. The molecule has 0 heterocycles. The summed E-state index contributed by atoms with van der Waals surface area (Å²) in [6.07, 6.45) is 17.1. The number of carbonyl (C=O) groups is 2. The first-order valence-electron chi connectivity index (χ1n) is 12.1. The van der Waals surface area contributed by atoms with Crippen LogP contribution in [0.15, 0.2) is 48.5 Å². The van der Waals surface area contributed by atoms with E-state index in [1.807, 2.05) is 36.4 Å². The molecular weight excluding hydrogens is 437 g/mol. The molecular formula is C28H36NNaO4. The van der Waals surface area contributed by atoms with E-state index in [0.717, 1.165) is 29.9 Å². The van der Waals surface area contributed by atoms with Gasteiger partial charge in [0, 0.05) is 5.69 Å². The Morgan fingerprint density at radius 2 is 1.24 bits per heavy atom. The summed E-state index contributed by atoms with van der Waals surface area (Å²) in [6, 6.07) is 14.9. The number of hydrogen-bond acceptors (Lipinski definition) is 4. The minimum Gasteiger partial charge on any atom is -0.540 e. The Morgan fingerprint density at radius 1 is 0.765 bits per heavy atom. The Bertz CT molecular complexity index is 863. The van der Waals surface area contributed by atoms with Crippen molar-refractivity contribution in [2.45, 2.75) is 71.1 Å². The van der Waals surface area contributed by atoms with Crippen LogP contribution in [-0.4, -0.2) is 18.5 Å². The van der Waals surface area contributed by atoms with Crippen molar-refractivity contribution in [3.05, 3.63) is 59.7 Å². The third kappa shape index (κ3) is 13.0. The van der Waals surface area contributed by atoms with Gasteiger partial charge in [-0.2, -0.15) is 0 Å². The number of ether oxygens (including phenoxy) is 1. The molecule has 1 amide bonds. The third-order valence-corrected chi connectivity index (χ3v) is 5.47. The monoisotopic (exact) mass is 473 g/mol. The third-order valence-electron chi connectivity index (χ3n) is 5.47. The number of nitrogens with one attached hydrogen (secondary N) is 1. The minimum absolute atomic E-state index is 0. The molecule has 1 N–H and O–H groups in total. The van der Waals surface area contributed by atoms with Crippen molar-refractivity contribution in [3.63, 3.8) is 0 Å². The van der Waals surface area contributed by atoms with Crippen molar-refractivity contribution < 1.29 is 49.0 Å². The van der Waals surface area contributed by atoms with Gasteiger partial charge in [0.25, 0.3) is 5.91 Å². The first kappa shape index (κ1) is 30.0. The van der Waals surface area contributed by atoms with Crippen LogP contribution in [0.3, 0.4) is 0 Å². The van der Waals surface area contributed by atoms with E-state index < -0.39 is 11.9 Å². The maximum Gasteiger partial charge on any atom is 1.00 e. The zero-order valence-corrected chi connectivity index (χ0v) is 22.7. The molecule has 0 fully saturated rings. The molecule has 0 spiro atoms. The van der Waals surface area contributed by atoms with Crippen molar-refractivity contribution in [1.29, 1.82) is 0 Å². The van der Waals surface area contributed by atoms with Gasteiger partial charge < -0.3 is 20.0 Å². The summed E-state index contributed by atoms with van der Waals surface area (Å²) in [5.41, 5.74) is 2.39. The maximum atomic E-state index is 11.1. The molecule has 178 valence electrons. The second-order valence-electron chi connectivity index (χ2n) is 8.30. The number of unbranched alkanes of at least 4 members (excludes halogenated alkanes) is 9. The number of amides is 1. The number of rotatable bonds is 15. The van der Waals surface area contributed by atoms with Gasteiger partial charge in [-0.1, -0.05) is 101 Å². The van der Waals surface area contributed by atoms with Gasteiger partial charge in [0.15, 0.2) is 0 Å². The summed E-state index contributed by atoms with van der Waals surface area (Å²) >= 11 is 0. The number of anilines is 1. The van der Waals surface area contributed by atoms with Gasteiger partial charge in [0.05, 0.1) is 6.61 Å². The second kappa shape index (κ2) is 18.3. The SMILES string of the molecule is CCCCCCCCCCCCOc1ccc(/C=C/c2ccc(NC(=O)C(=O)[O-])cc2)cc1.[Na+]. The van der Waals surface area contributed by atoms with E-state index in [9.17, 15) is 14.7 Å². The maximum absolute atomic E-state index is 11.1. The van der Waals surface area contributed by atoms with Gasteiger partial charge in [-0.25, -0.2) is 0 Å². The quantitative estimate of drug-likeness (QED) is 0.187. The summed E-state index contributed by atoms with van der Waals surface area (Å²) in [7, 11) is 0. The van der Waals surface area contributed by atoms with Crippen molar-refractivity contribution in [2.24, 2.45) is 0 Å². The van der Waals surface area contributed by atoms with Crippen molar-refractivity contribution in [2.75, 3.05) is 11.9 Å². The van der Waals surface area contributed by atoms with E-state index in [0.29, 0.717) is 5.69 Å². The van der Waals surface area contributed by atoms with Crippen LogP contribution < -0.4 is 44.7 Å². The largest absolute Gasteiger partial charge is 1.00 e. The molecule has 6 heteroatoms. The molecule has 34 heavy (non-hydrogen) atoms. The Kier molecular flexibility index (Phi) is 16.1. The molecule has 2 rings (SSSR count). The normalized spacial score (nSPS) is 10.6. The molecule has 2 aromatic carbocycles. The first-order chi connectivity index (χ1) is 16.1. The average molecular weight is 474 g/mol. The van der Waals surface area contributed by atoms with Crippen LogP contribution in [0.4, 0.5) is 5.69 Å². The number of hydrogen-bond donors (Lipinski definition) is 1. The molecule has 0 aromatic heterocycles. The summed E-state index contributed by atoms with van der Waals surface area (Å²) in [6.45, 7) is 3.01. The molecule has 0 aliphatic rings. The van der Waals surface area contributed by atoms with Crippen LogP contribution in [0, 0.1) is 0 Å². The van der Waals surface area contributed by atoms with Gasteiger partial charge >= 0.3 is 29.6 Å². The fourth-order valence-electron chi connectivity index (χ4n) is 3.51. The summed E-state index contributed by atoms with van der Waals surface area (Å²) in [5, 5.41) is 12.7. The number of aliphatic carboxylic acids is 1. The summed E-state index contributed by atoms with van der Waals surface area (Å²) in [4.78, 5) is 21.6. The molecule has 0 bridgehead atoms. The van der Waals surface area contributed by atoms with Gasteiger partial charge in [-0.15, -0.1) is 0 Å². The van der Waals surface area contributed by atoms with E-state index >= 15 is 0 Å². The fourth-order valence-corrected chi connectivity index (χ4v) is 3.51. The first-order valence-corrected chi connectivity index (χ1v) is 12.1. The van der Waals surface area contributed by atoms with Gasteiger partial charge in [0.2, 0.25) is 0 Å². The molecule has 5 nitrogen and oxygen atoms in total. The Balaban J connectivity index is 0.00000578.